The lowest BCUT2D eigenvalue weighted by atomic mass is 10.1. The Bertz CT molecular complexity index is 468. The van der Waals surface area contributed by atoms with Crippen LogP contribution in [0.3, 0.4) is 0 Å². The Labute approximate surface area is 117 Å². The molecule has 0 aromatic carbocycles. The Kier molecular flexibility index (Phi) is 5.50. The van der Waals surface area contributed by atoms with E-state index in [2.05, 4.69) is 5.32 Å². The Morgan fingerprint density at radius 3 is 2.63 bits per heavy atom. The van der Waals surface area contributed by atoms with Gasteiger partial charge in [-0.25, -0.2) is 4.79 Å². The van der Waals surface area contributed by atoms with Crippen molar-refractivity contribution in [2.24, 2.45) is 11.7 Å². The van der Waals surface area contributed by atoms with Crippen molar-refractivity contribution in [1.82, 2.24) is 0 Å². The Hall–Kier alpha value is -1.40. The van der Waals surface area contributed by atoms with Crippen LogP contribution in [0, 0.1) is 12.8 Å². The van der Waals surface area contributed by atoms with Crippen molar-refractivity contribution in [2.75, 3.05) is 11.9 Å². The molecule has 0 saturated heterocycles. The number of ether oxygens (including phenoxy) is 1. The average Bonchev–Trinajstić information content (AvgIpc) is 2.69. The predicted octanol–water partition coefficient (Wildman–Crippen LogP) is 2.16. The van der Waals surface area contributed by atoms with Crippen LogP contribution in [0.1, 0.15) is 36.0 Å². The lowest BCUT2D eigenvalue weighted by molar-refractivity contribution is -0.118. The minimum absolute atomic E-state index is 0.0344. The number of esters is 1. The summed E-state index contributed by atoms with van der Waals surface area (Å²) in [4.78, 5) is 24.6. The molecule has 0 spiro atoms. The number of carbonyl (C=O) groups is 2. The van der Waals surface area contributed by atoms with E-state index in [0.29, 0.717) is 17.2 Å². The second kappa shape index (κ2) is 6.68. The van der Waals surface area contributed by atoms with Gasteiger partial charge in [0.2, 0.25) is 5.91 Å². The number of anilines is 1. The molecule has 1 aromatic heterocycles. The zero-order chi connectivity index (χ0) is 14.6. The smallest absolute Gasteiger partial charge is 0.341 e. The van der Waals surface area contributed by atoms with E-state index in [1.165, 1.54) is 11.3 Å². The molecule has 6 heteroatoms. The van der Waals surface area contributed by atoms with Gasteiger partial charge in [0.25, 0.3) is 0 Å². The molecular weight excluding hydrogens is 264 g/mol. The second-order valence-electron chi connectivity index (χ2n) is 4.58. The van der Waals surface area contributed by atoms with Gasteiger partial charge in [-0.2, -0.15) is 0 Å². The highest BCUT2D eigenvalue weighted by atomic mass is 32.1. The lowest BCUT2D eigenvalue weighted by Crippen LogP contribution is -2.39. The quantitative estimate of drug-likeness (QED) is 0.812. The molecule has 0 aliphatic rings. The first-order valence-electron chi connectivity index (χ1n) is 6.20. The number of nitrogens with one attached hydrogen (secondary N) is 1. The van der Waals surface area contributed by atoms with Crippen LogP contribution in [0.5, 0.6) is 0 Å². The summed E-state index contributed by atoms with van der Waals surface area (Å²) in [6.07, 6.45) is 0. The summed E-state index contributed by atoms with van der Waals surface area (Å²) >= 11 is 1.34. The molecule has 1 atom stereocenters. The molecule has 106 valence electrons. The van der Waals surface area contributed by atoms with E-state index < -0.39 is 12.0 Å². The van der Waals surface area contributed by atoms with Crippen molar-refractivity contribution >= 4 is 28.2 Å². The van der Waals surface area contributed by atoms with Crippen LogP contribution in [0.25, 0.3) is 0 Å². The van der Waals surface area contributed by atoms with E-state index in [4.69, 9.17) is 10.5 Å². The maximum absolute atomic E-state index is 11.9. The van der Waals surface area contributed by atoms with Crippen molar-refractivity contribution < 1.29 is 14.3 Å². The maximum atomic E-state index is 11.9. The zero-order valence-corrected chi connectivity index (χ0v) is 12.5. The first-order chi connectivity index (χ1) is 8.86. The lowest BCUT2D eigenvalue weighted by Gasteiger charge is -2.15. The summed E-state index contributed by atoms with van der Waals surface area (Å²) in [5.41, 5.74) is 6.16. The van der Waals surface area contributed by atoms with E-state index in [9.17, 15) is 9.59 Å². The summed E-state index contributed by atoms with van der Waals surface area (Å²) in [6.45, 7) is 7.65. The predicted molar refractivity (Wildman–Crippen MR) is 76.5 cm³/mol. The van der Waals surface area contributed by atoms with Crippen LogP contribution in [0.4, 0.5) is 5.00 Å². The van der Waals surface area contributed by atoms with Crippen LogP contribution in [0.15, 0.2) is 6.07 Å². The number of carbonyl (C=O) groups excluding carboxylic acids is 2. The van der Waals surface area contributed by atoms with Crippen LogP contribution in [-0.4, -0.2) is 24.5 Å². The van der Waals surface area contributed by atoms with Gasteiger partial charge < -0.3 is 15.8 Å². The number of rotatable bonds is 5. The zero-order valence-electron chi connectivity index (χ0n) is 11.6. The highest BCUT2D eigenvalue weighted by Gasteiger charge is 2.22. The van der Waals surface area contributed by atoms with Crippen molar-refractivity contribution in [3.05, 3.63) is 16.5 Å². The number of nitrogens with two attached hydrogens (primary N) is 1. The van der Waals surface area contributed by atoms with Gasteiger partial charge in [0.05, 0.1) is 18.2 Å². The molecule has 1 amide bonds. The number of aryl methyl sites for hydroxylation is 1. The molecule has 0 fully saturated rings. The number of hydrogen-bond donors (Lipinski definition) is 2. The molecule has 0 radical (unpaired) electrons. The van der Waals surface area contributed by atoms with E-state index in [1.54, 1.807) is 13.0 Å². The number of hydrogen-bond acceptors (Lipinski definition) is 5. The summed E-state index contributed by atoms with van der Waals surface area (Å²) in [5, 5.41) is 3.20. The second-order valence-corrected chi connectivity index (χ2v) is 5.84. The molecule has 0 aliphatic carbocycles. The van der Waals surface area contributed by atoms with E-state index in [-0.39, 0.29) is 11.8 Å². The highest BCUT2D eigenvalue weighted by Crippen LogP contribution is 2.28. The molecule has 3 N–H and O–H groups in total. The van der Waals surface area contributed by atoms with Gasteiger partial charge >= 0.3 is 5.97 Å². The summed E-state index contributed by atoms with van der Waals surface area (Å²) in [6, 6.07) is 1.11. The Balaban J connectivity index is 2.89. The SMILES string of the molecule is CCOC(=O)c1cc(C)sc1NC(=O)C(N)C(C)C. The fourth-order valence-corrected chi connectivity index (χ4v) is 2.37. The monoisotopic (exact) mass is 284 g/mol. The molecule has 1 unspecified atom stereocenters. The van der Waals surface area contributed by atoms with E-state index >= 15 is 0 Å². The van der Waals surface area contributed by atoms with Crippen molar-refractivity contribution in [1.29, 1.82) is 0 Å². The topological polar surface area (TPSA) is 81.4 Å². The molecule has 0 bridgehead atoms. The first-order valence-corrected chi connectivity index (χ1v) is 7.02. The van der Waals surface area contributed by atoms with Crippen LogP contribution in [-0.2, 0) is 9.53 Å². The minimum Gasteiger partial charge on any atom is -0.462 e. The van der Waals surface area contributed by atoms with Crippen LogP contribution >= 0.6 is 11.3 Å². The van der Waals surface area contributed by atoms with Crippen LogP contribution < -0.4 is 11.1 Å². The fraction of sp³-hybridized carbons (Fsp3) is 0.538. The van der Waals surface area contributed by atoms with Crippen molar-refractivity contribution in [2.45, 2.75) is 33.7 Å². The standard InChI is InChI=1S/C13H20N2O3S/c1-5-18-13(17)9-6-8(4)19-12(9)15-11(16)10(14)7(2)3/h6-7,10H,5,14H2,1-4H3,(H,15,16). The summed E-state index contributed by atoms with van der Waals surface area (Å²) < 4.78 is 4.96. The third-order valence-corrected chi connectivity index (χ3v) is 3.57. The molecule has 5 nitrogen and oxygen atoms in total. The average molecular weight is 284 g/mol. The molecule has 1 heterocycles. The minimum atomic E-state index is -0.600. The molecule has 1 aromatic rings. The molecule has 0 aliphatic heterocycles. The molecule has 19 heavy (non-hydrogen) atoms. The van der Waals surface area contributed by atoms with Gasteiger partial charge in [0.1, 0.15) is 5.00 Å². The van der Waals surface area contributed by atoms with Gasteiger partial charge in [0.15, 0.2) is 0 Å². The van der Waals surface area contributed by atoms with Gasteiger partial charge in [-0.1, -0.05) is 13.8 Å². The molecular formula is C13H20N2O3S. The van der Waals surface area contributed by atoms with E-state index in [1.807, 2.05) is 20.8 Å². The van der Waals surface area contributed by atoms with Gasteiger partial charge in [-0.15, -0.1) is 11.3 Å². The van der Waals surface area contributed by atoms with Crippen LogP contribution in [0.2, 0.25) is 0 Å². The summed E-state index contributed by atoms with van der Waals surface area (Å²) in [7, 11) is 0. The third-order valence-electron chi connectivity index (χ3n) is 2.61. The Morgan fingerprint density at radius 2 is 2.11 bits per heavy atom. The third kappa shape index (κ3) is 4.04. The van der Waals surface area contributed by atoms with Gasteiger partial charge in [-0.05, 0) is 25.8 Å². The number of thiophene rings is 1. The Morgan fingerprint density at radius 1 is 1.47 bits per heavy atom. The van der Waals surface area contributed by atoms with Gasteiger partial charge in [0, 0.05) is 4.88 Å². The largest absolute Gasteiger partial charge is 0.462 e. The molecule has 0 saturated carbocycles. The molecule has 1 rings (SSSR count). The maximum Gasteiger partial charge on any atom is 0.341 e. The fourth-order valence-electron chi connectivity index (χ4n) is 1.47. The number of amides is 1. The van der Waals surface area contributed by atoms with Crippen molar-refractivity contribution in [3.8, 4) is 0 Å². The van der Waals surface area contributed by atoms with E-state index in [0.717, 1.165) is 4.88 Å². The van der Waals surface area contributed by atoms with Gasteiger partial charge in [-0.3, -0.25) is 4.79 Å². The van der Waals surface area contributed by atoms with Crippen molar-refractivity contribution in [3.63, 3.8) is 0 Å². The first kappa shape index (κ1) is 15.7. The normalized spacial score (nSPS) is 12.3. The summed E-state index contributed by atoms with van der Waals surface area (Å²) in [5.74, 6) is -0.685. The highest BCUT2D eigenvalue weighted by molar-refractivity contribution is 7.16.